The van der Waals surface area contributed by atoms with Crippen LogP contribution in [0, 0.1) is 0 Å². The lowest BCUT2D eigenvalue weighted by atomic mass is 10.1. The molecule has 1 aromatic carbocycles. The van der Waals surface area contributed by atoms with Gasteiger partial charge < -0.3 is 5.11 Å². The molecule has 1 amide bonds. The number of aryl methyl sites for hydroxylation is 1. The molecule has 1 N–H and O–H groups in total. The van der Waals surface area contributed by atoms with Crippen molar-refractivity contribution in [2.24, 2.45) is 0 Å². The predicted octanol–water partition coefficient (Wildman–Crippen LogP) is 1.41. The Labute approximate surface area is 105 Å². The van der Waals surface area contributed by atoms with Gasteiger partial charge in [0.25, 0.3) is 0 Å². The van der Waals surface area contributed by atoms with Gasteiger partial charge in [-0.1, -0.05) is 29.8 Å². The Morgan fingerprint density at radius 2 is 2.29 bits per heavy atom. The molecule has 0 saturated carbocycles. The molecule has 2 rings (SSSR count). The average Bonchev–Trinajstić information content (AvgIpc) is 2.74. The third-order valence-electron chi connectivity index (χ3n) is 2.64. The minimum atomic E-state index is -0.570. The molecule has 1 aromatic rings. The number of carbonyl (C=O) groups excluding carboxylic acids is 1. The fourth-order valence-electron chi connectivity index (χ4n) is 1.71. The van der Waals surface area contributed by atoms with E-state index in [1.54, 1.807) is 6.07 Å². The van der Waals surface area contributed by atoms with Gasteiger partial charge >= 0.3 is 0 Å². The number of β-amino-alcohol motifs (C(OH)–C–C–N with tert-alkyl or cyclic N) is 1. The van der Waals surface area contributed by atoms with Gasteiger partial charge in [0, 0.05) is 11.4 Å². The Bertz CT molecular complexity index is 410. The lowest BCUT2D eigenvalue weighted by Gasteiger charge is -2.13. The van der Waals surface area contributed by atoms with Crippen LogP contribution in [0.25, 0.3) is 0 Å². The highest BCUT2D eigenvalue weighted by Crippen LogP contribution is 2.17. The second-order valence-electron chi connectivity index (χ2n) is 4.00. The Hall–Kier alpha value is -1.10. The number of nitrogens with zero attached hydrogens (tertiary/aromatic N) is 1. The lowest BCUT2D eigenvalue weighted by molar-refractivity contribution is -0.168. The van der Waals surface area contributed by atoms with E-state index >= 15 is 0 Å². The van der Waals surface area contributed by atoms with Crippen LogP contribution in [-0.4, -0.2) is 35.3 Å². The summed E-state index contributed by atoms with van der Waals surface area (Å²) in [4.78, 5) is 16.8. The third-order valence-corrected chi connectivity index (χ3v) is 3.01. The monoisotopic (exact) mass is 255 g/mol. The molecule has 1 heterocycles. The molecular weight excluding hydrogens is 242 g/mol. The molecule has 0 bridgehead atoms. The molecule has 0 aliphatic carbocycles. The van der Waals surface area contributed by atoms with Crippen molar-refractivity contribution in [2.45, 2.75) is 18.9 Å². The van der Waals surface area contributed by atoms with E-state index in [0.717, 1.165) is 5.56 Å². The molecule has 1 aliphatic heterocycles. The summed E-state index contributed by atoms with van der Waals surface area (Å²) in [5.41, 5.74) is 0.947. The number of carbonyl (C=O) groups is 1. The van der Waals surface area contributed by atoms with E-state index in [1.165, 1.54) is 5.06 Å². The molecule has 0 radical (unpaired) electrons. The molecule has 1 atom stereocenters. The van der Waals surface area contributed by atoms with E-state index in [1.807, 2.05) is 18.2 Å². The van der Waals surface area contributed by atoms with Crippen molar-refractivity contribution >= 4 is 17.5 Å². The van der Waals surface area contributed by atoms with Crippen LogP contribution in [0.1, 0.15) is 12.0 Å². The van der Waals surface area contributed by atoms with Crippen molar-refractivity contribution in [3.8, 4) is 0 Å². The zero-order chi connectivity index (χ0) is 12.3. The molecule has 0 unspecified atom stereocenters. The summed E-state index contributed by atoms with van der Waals surface area (Å²) in [6.07, 6.45) is 0.338. The van der Waals surface area contributed by atoms with Crippen LogP contribution >= 0.6 is 11.6 Å². The summed E-state index contributed by atoms with van der Waals surface area (Å²) in [5, 5.41) is 11.1. The van der Waals surface area contributed by atoms with Gasteiger partial charge in [0.2, 0.25) is 5.91 Å². The highest BCUT2D eigenvalue weighted by atomic mass is 35.5. The molecular formula is C12H14ClNO3. The van der Waals surface area contributed by atoms with Crippen LogP contribution in [-0.2, 0) is 16.1 Å². The average molecular weight is 256 g/mol. The first kappa shape index (κ1) is 12.4. The predicted molar refractivity (Wildman–Crippen MR) is 63.4 cm³/mol. The number of hydrogen-bond acceptors (Lipinski definition) is 3. The topological polar surface area (TPSA) is 49.8 Å². The second-order valence-corrected chi connectivity index (χ2v) is 4.40. The number of amides is 1. The molecule has 1 fully saturated rings. The van der Waals surface area contributed by atoms with Crippen molar-refractivity contribution in [1.29, 1.82) is 0 Å². The molecule has 5 heteroatoms. The number of hydrogen-bond donors (Lipinski definition) is 1. The van der Waals surface area contributed by atoms with Crippen LogP contribution in [0.2, 0.25) is 5.02 Å². The number of rotatable bonds is 3. The maximum Gasteiger partial charge on any atom is 0.246 e. The van der Waals surface area contributed by atoms with E-state index in [2.05, 4.69) is 0 Å². The zero-order valence-electron chi connectivity index (χ0n) is 9.30. The van der Waals surface area contributed by atoms with Gasteiger partial charge in [0.15, 0.2) is 0 Å². The molecule has 1 aliphatic rings. The summed E-state index contributed by atoms with van der Waals surface area (Å²) in [6, 6.07) is 7.45. The van der Waals surface area contributed by atoms with Crippen LogP contribution in [0.15, 0.2) is 24.3 Å². The Morgan fingerprint density at radius 3 is 2.94 bits per heavy atom. The fourth-order valence-corrected chi connectivity index (χ4v) is 1.94. The first-order valence-corrected chi connectivity index (χ1v) is 5.89. The normalized spacial score (nSPS) is 19.6. The van der Waals surface area contributed by atoms with Crippen LogP contribution < -0.4 is 0 Å². The van der Waals surface area contributed by atoms with E-state index in [0.29, 0.717) is 17.9 Å². The van der Waals surface area contributed by atoms with Crippen LogP contribution in [0.4, 0.5) is 0 Å². The minimum absolute atomic E-state index is 0.124. The highest BCUT2D eigenvalue weighted by Gasteiger charge is 2.25. The summed E-state index contributed by atoms with van der Waals surface area (Å²) in [5.74, 6) is -0.124. The maximum absolute atomic E-state index is 11.7. The first-order valence-electron chi connectivity index (χ1n) is 5.51. The number of hydroxylamine groups is 2. The van der Waals surface area contributed by atoms with Gasteiger partial charge in [-0.2, -0.15) is 0 Å². The quantitative estimate of drug-likeness (QED) is 0.889. The molecule has 92 valence electrons. The first-order chi connectivity index (χ1) is 8.16. The molecule has 0 spiro atoms. The number of aliphatic hydroxyl groups is 1. The van der Waals surface area contributed by atoms with Crippen molar-refractivity contribution < 1.29 is 14.7 Å². The zero-order valence-corrected chi connectivity index (χ0v) is 10.1. The van der Waals surface area contributed by atoms with Gasteiger partial charge in [-0.05, 0) is 18.1 Å². The Kier molecular flexibility index (Phi) is 3.99. The van der Waals surface area contributed by atoms with Crippen molar-refractivity contribution in [2.75, 3.05) is 13.2 Å². The smallest absolute Gasteiger partial charge is 0.246 e. The largest absolute Gasteiger partial charge is 0.389 e. The standard InChI is InChI=1S/C12H14ClNO3/c13-11-4-2-1-3-9(11)5-6-12(16)14-7-10(15)8-17-14/h1-4,10,15H,5-8H2/t10-/m1/s1. The van der Waals surface area contributed by atoms with E-state index in [4.69, 9.17) is 16.4 Å². The van der Waals surface area contributed by atoms with Crippen molar-refractivity contribution in [3.63, 3.8) is 0 Å². The summed E-state index contributed by atoms with van der Waals surface area (Å²) in [6.45, 7) is 0.444. The number of aliphatic hydroxyl groups excluding tert-OH is 1. The molecule has 1 saturated heterocycles. The van der Waals surface area contributed by atoms with E-state index in [9.17, 15) is 9.90 Å². The maximum atomic E-state index is 11.7. The minimum Gasteiger partial charge on any atom is -0.389 e. The van der Waals surface area contributed by atoms with Crippen molar-refractivity contribution in [1.82, 2.24) is 5.06 Å². The SMILES string of the molecule is O=C(CCc1ccccc1Cl)N1C[C@@H](O)CO1. The summed E-state index contributed by atoms with van der Waals surface area (Å²) >= 11 is 5.99. The second kappa shape index (κ2) is 5.49. The lowest BCUT2D eigenvalue weighted by Crippen LogP contribution is -2.28. The van der Waals surface area contributed by atoms with E-state index in [-0.39, 0.29) is 19.1 Å². The van der Waals surface area contributed by atoms with Crippen LogP contribution in [0.3, 0.4) is 0 Å². The Balaban J connectivity index is 1.86. The van der Waals surface area contributed by atoms with Gasteiger partial charge in [-0.3, -0.25) is 9.63 Å². The van der Waals surface area contributed by atoms with Crippen LogP contribution in [0.5, 0.6) is 0 Å². The Morgan fingerprint density at radius 1 is 1.53 bits per heavy atom. The third kappa shape index (κ3) is 3.19. The van der Waals surface area contributed by atoms with Gasteiger partial charge in [0.05, 0.1) is 12.6 Å². The van der Waals surface area contributed by atoms with Crippen molar-refractivity contribution in [3.05, 3.63) is 34.9 Å². The number of halogens is 1. The number of benzene rings is 1. The molecule has 17 heavy (non-hydrogen) atoms. The van der Waals surface area contributed by atoms with Gasteiger partial charge in [-0.25, -0.2) is 5.06 Å². The fraction of sp³-hybridized carbons (Fsp3) is 0.417. The van der Waals surface area contributed by atoms with Gasteiger partial charge in [-0.15, -0.1) is 0 Å². The molecule has 4 nitrogen and oxygen atoms in total. The van der Waals surface area contributed by atoms with Gasteiger partial charge in [0.1, 0.15) is 6.61 Å². The van der Waals surface area contributed by atoms with E-state index < -0.39 is 6.10 Å². The summed E-state index contributed by atoms with van der Waals surface area (Å²) in [7, 11) is 0. The molecule has 0 aromatic heterocycles. The highest BCUT2D eigenvalue weighted by molar-refractivity contribution is 6.31. The summed E-state index contributed by atoms with van der Waals surface area (Å²) < 4.78 is 0.